The van der Waals surface area contributed by atoms with Gasteiger partial charge in [-0.05, 0) is 73.7 Å². The number of nitriles is 1. The summed E-state index contributed by atoms with van der Waals surface area (Å²) in [5.74, 6) is 2.21. The molecule has 6 heteroatoms. The number of benzene rings is 2. The third-order valence-corrected chi connectivity index (χ3v) is 5.20. The van der Waals surface area contributed by atoms with E-state index in [1.807, 2.05) is 41.3 Å². The molecule has 6 nitrogen and oxygen atoms in total. The van der Waals surface area contributed by atoms with Gasteiger partial charge in [0.1, 0.15) is 11.8 Å². The smallest absolute Gasteiger partial charge is 0.251 e. The molecule has 2 aromatic carbocycles. The Morgan fingerprint density at radius 1 is 1.17 bits per heavy atom. The number of rotatable bonds is 9. The number of hydrogen-bond donors (Lipinski definition) is 0. The Labute approximate surface area is 177 Å². The highest BCUT2D eigenvalue weighted by Gasteiger charge is 2.34. The first-order valence-corrected chi connectivity index (χ1v) is 9.90. The van der Waals surface area contributed by atoms with Gasteiger partial charge in [-0.2, -0.15) is 5.26 Å². The van der Waals surface area contributed by atoms with E-state index in [0.29, 0.717) is 17.4 Å². The molecule has 1 saturated carbocycles. The van der Waals surface area contributed by atoms with E-state index < -0.39 is 0 Å². The van der Waals surface area contributed by atoms with Crippen molar-refractivity contribution in [1.29, 1.82) is 5.26 Å². The molecule has 0 saturated heterocycles. The second-order valence-electron chi connectivity index (χ2n) is 7.17. The average Bonchev–Trinajstić information content (AvgIpc) is 3.62. The predicted molar refractivity (Wildman–Crippen MR) is 116 cm³/mol. The molecule has 0 spiro atoms. The molecule has 0 radical (unpaired) electrons. The quantitative estimate of drug-likeness (QED) is 0.575. The number of anilines is 1. The first-order valence-electron chi connectivity index (χ1n) is 9.90. The lowest BCUT2D eigenvalue weighted by Gasteiger charge is -2.28. The summed E-state index contributed by atoms with van der Waals surface area (Å²) < 4.78 is 15.9. The van der Waals surface area contributed by atoms with E-state index >= 15 is 0 Å². The van der Waals surface area contributed by atoms with Crippen LogP contribution >= 0.6 is 0 Å². The van der Waals surface area contributed by atoms with Crippen LogP contribution in [0.5, 0.6) is 17.2 Å². The fourth-order valence-corrected chi connectivity index (χ4v) is 3.36. The van der Waals surface area contributed by atoms with Crippen LogP contribution < -0.4 is 19.1 Å². The molecular formula is C24H26N2O4. The zero-order valence-corrected chi connectivity index (χ0v) is 17.5. The maximum atomic E-state index is 13.1. The summed E-state index contributed by atoms with van der Waals surface area (Å²) in [7, 11) is 3.16. The molecule has 0 N–H and O–H groups in total. The van der Waals surface area contributed by atoms with Crippen LogP contribution in [-0.4, -0.2) is 32.8 Å². The molecule has 0 bridgehead atoms. The third kappa shape index (κ3) is 5.12. The van der Waals surface area contributed by atoms with Gasteiger partial charge in [0.2, 0.25) is 0 Å². The summed E-state index contributed by atoms with van der Waals surface area (Å²) in [6, 6.07) is 14.9. The minimum atomic E-state index is -0.0802. The van der Waals surface area contributed by atoms with Gasteiger partial charge in [-0.1, -0.05) is 6.07 Å². The molecule has 1 amide bonds. The molecule has 156 valence electrons. The lowest BCUT2D eigenvalue weighted by molar-refractivity contribution is -0.114. The van der Waals surface area contributed by atoms with Gasteiger partial charge >= 0.3 is 0 Å². The highest BCUT2D eigenvalue weighted by Crippen LogP contribution is 2.37. The standard InChI is InChI=1S/C24H26N2O4/c1-17(19-6-7-19)26(20-8-10-21(28-2)11-9-20)24(27)13-5-18-4-12-22(30-15-14-25)23(16-18)29-3/h4-5,8-13,16-17,19H,6-7,15H2,1-3H3/b13-5+. The number of amides is 1. The summed E-state index contributed by atoms with van der Waals surface area (Å²) in [5, 5.41) is 8.68. The Morgan fingerprint density at radius 3 is 2.50 bits per heavy atom. The van der Waals surface area contributed by atoms with Crippen molar-refractivity contribution in [3.8, 4) is 23.3 Å². The normalized spacial score (nSPS) is 14.1. The fraction of sp³-hybridized carbons (Fsp3) is 0.333. The van der Waals surface area contributed by atoms with E-state index in [9.17, 15) is 4.79 Å². The molecule has 1 unspecified atom stereocenters. The zero-order chi connectivity index (χ0) is 21.5. The Hall–Kier alpha value is -3.46. The number of carbonyl (C=O) groups excluding carboxylic acids is 1. The van der Waals surface area contributed by atoms with Gasteiger partial charge in [-0.15, -0.1) is 0 Å². The number of nitrogens with zero attached hydrogens (tertiary/aromatic N) is 2. The summed E-state index contributed by atoms with van der Waals surface area (Å²) in [5.41, 5.74) is 1.65. The Morgan fingerprint density at radius 2 is 1.90 bits per heavy atom. The van der Waals surface area contributed by atoms with Gasteiger partial charge in [-0.3, -0.25) is 4.79 Å². The molecule has 2 aromatic rings. The summed E-state index contributed by atoms with van der Waals surface area (Å²) in [4.78, 5) is 15.0. The Kier molecular flexibility index (Phi) is 6.97. The Bertz CT molecular complexity index is 943. The van der Waals surface area contributed by atoms with Gasteiger partial charge in [0.15, 0.2) is 18.1 Å². The minimum Gasteiger partial charge on any atom is -0.497 e. The summed E-state index contributed by atoms with van der Waals surface area (Å²) in [6.45, 7) is 2.04. The van der Waals surface area contributed by atoms with Crippen molar-refractivity contribution in [2.24, 2.45) is 5.92 Å². The van der Waals surface area contributed by atoms with Crippen LogP contribution in [0.3, 0.4) is 0 Å². The molecule has 0 heterocycles. The van der Waals surface area contributed by atoms with Crippen molar-refractivity contribution in [3.63, 3.8) is 0 Å². The van der Waals surface area contributed by atoms with E-state index in [2.05, 4.69) is 6.92 Å². The van der Waals surface area contributed by atoms with Crippen molar-refractivity contribution < 1.29 is 19.0 Å². The molecular weight excluding hydrogens is 380 g/mol. The topological polar surface area (TPSA) is 71.8 Å². The highest BCUT2D eigenvalue weighted by atomic mass is 16.5. The summed E-state index contributed by atoms with van der Waals surface area (Å²) in [6.07, 6.45) is 5.63. The zero-order valence-electron chi connectivity index (χ0n) is 17.5. The third-order valence-electron chi connectivity index (χ3n) is 5.20. The monoisotopic (exact) mass is 406 g/mol. The maximum Gasteiger partial charge on any atom is 0.251 e. The minimum absolute atomic E-state index is 0.0556. The van der Waals surface area contributed by atoms with Crippen molar-refractivity contribution in [2.45, 2.75) is 25.8 Å². The summed E-state index contributed by atoms with van der Waals surface area (Å²) >= 11 is 0. The largest absolute Gasteiger partial charge is 0.497 e. The Balaban J connectivity index is 1.81. The maximum absolute atomic E-state index is 13.1. The van der Waals surface area contributed by atoms with Gasteiger partial charge in [0.25, 0.3) is 5.91 Å². The van der Waals surface area contributed by atoms with Crippen LogP contribution in [0.1, 0.15) is 25.3 Å². The molecule has 30 heavy (non-hydrogen) atoms. The number of hydrogen-bond acceptors (Lipinski definition) is 5. The van der Waals surface area contributed by atoms with Crippen LogP contribution in [0, 0.1) is 17.2 Å². The van der Waals surface area contributed by atoms with E-state index in [1.165, 1.54) is 7.11 Å². The number of methoxy groups -OCH3 is 2. The lowest BCUT2D eigenvalue weighted by Crippen LogP contribution is -2.39. The molecule has 0 aliphatic heterocycles. The van der Waals surface area contributed by atoms with E-state index in [1.54, 1.807) is 31.4 Å². The molecule has 0 aromatic heterocycles. The first-order chi connectivity index (χ1) is 14.6. The fourth-order valence-electron chi connectivity index (χ4n) is 3.36. The van der Waals surface area contributed by atoms with Crippen molar-refractivity contribution in [1.82, 2.24) is 0 Å². The molecule has 1 fully saturated rings. The van der Waals surface area contributed by atoms with Gasteiger partial charge in [-0.25, -0.2) is 0 Å². The molecule has 1 aliphatic rings. The SMILES string of the molecule is COc1ccc(N(C(=O)/C=C/c2ccc(OCC#N)c(OC)c2)C(C)C2CC2)cc1. The van der Waals surface area contributed by atoms with Crippen molar-refractivity contribution >= 4 is 17.7 Å². The van der Waals surface area contributed by atoms with Crippen LogP contribution in [0.25, 0.3) is 6.08 Å². The second-order valence-corrected chi connectivity index (χ2v) is 7.17. The first kappa shape index (κ1) is 21.3. The van der Waals surface area contributed by atoms with E-state index in [-0.39, 0.29) is 18.6 Å². The van der Waals surface area contributed by atoms with Crippen LogP contribution in [-0.2, 0) is 4.79 Å². The van der Waals surface area contributed by atoms with Gasteiger partial charge in [0.05, 0.1) is 14.2 Å². The van der Waals surface area contributed by atoms with Gasteiger partial charge < -0.3 is 19.1 Å². The van der Waals surface area contributed by atoms with E-state index in [4.69, 9.17) is 19.5 Å². The van der Waals surface area contributed by atoms with Crippen molar-refractivity contribution in [2.75, 3.05) is 25.7 Å². The molecule has 1 aliphatic carbocycles. The predicted octanol–water partition coefficient (Wildman–Crippen LogP) is 4.45. The van der Waals surface area contributed by atoms with Gasteiger partial charge in [0, 0.05) is 17.8 Å². The van der Waals surface area contributed by atoms with Crippen LogP contribution in [0.2, 0.25) is 0 Å². The van der Waals surface area contributed by atoms with Crippen LogP contribution in [0.4, 0.5) is 5.69 Å². The number of carbonyl (C=O) groups is 1. The molecule has 3 rings (SSSR count). The van der Waals surface area contributed by atoms with Crippen LogP contribution in [0.15, 0.2) is 48.5 Å². The lowest BCUT2D eigenvalue weighted by atomic mass is 10.1. The molecule has 1 atom stereocenters. The highest BCUT2D eigenvalue weighted by molar-refractivity contribution is 6.04. The second kappa shape index (κ2) is 9.84. The number of ether oxygens (including phenoxy) is 3. The average molecular weight is 406 g/mol. The van der Waals surface area contributed by atoms with E-state index in [0.717, 1.165) is 29.8 Å². The van der Waals surface area contributed by atoms with Crippen molar-refractivity contribution in [3.05, 3.63) is 54.1 Å².